The lowest BCUT2D eigenvalue weighted by atomic mass is 10.2. The number of benzene rings is 2. The molecule has 0 bridgehead atoms. The first-order valence-electron chi connectivity index (χ1n) is 5.76. The van der Waals surface area contributed by atoms with Gasteiger partial charge in [0.2, 0.25) is 0 Å². The van der Waals surface area contributed by atoms with Crippen molar-refractivity contribution in [3.05, 3.63) is 53.6 Å². The van der Waals surface area contributed by atoms with Crippen LogP contribution < -0.4 is 5.73 Å². The second-order valence-corrected chi connectivity index (χ2v) is 6.37. The van der Waals surface area contributed by atoms with Gasteiger partial charge in [0.1, 0.15) is 5.75 Å². The number of nitrogens with two attached hydrogens (primary N) is 1. The normalized spacial score (nSPS) is 11.4. The van der Waals surface area contributed by atoms with Crippen molar-refractivity contribution in [2.45, 2.75) is 17.6 Å². The molecular weight excluding hydrogens is 262 g/mol. The summed E-state index contributed by atoms with van der Waals surface area (Å²) in [5.41, 5.74) is 7.37. The van der Waals surface area contributed by atoms with E-state index in [1.54, 1.807) is 31.2 Å². The minimum Gasteiger partial charge on any atom is -0.508 e. The number of hydrogen-bond donors (Lipinski definition) is 2. The van der Waals surface area contributed by atoms with Crippen LogP contribution in [0.15, 0.2) is 47.4 Å². The monoisotopic (exact) mass is 277 g/mol. The summed E-state index contributed by atoms with van der Waals surface area (Å²) in [7, 11) is -3.52. The van der Waals surface area contributed by atoms with Gasteiger partial charge in [-0.05, 0) is 36.2 Å². The molecule has 2 rings (SSSR count). The number of nitrogen functional groups attached to an aromatic ring is 1. The predicted octanol–water partition coefficient (Wildman–Crippen LogP) is 2.26. The van der Waals surface area contributed by atoms with Crippen LogP contribution in [0.4, 0.5) is 5.69 Å². The highest BCUT2D eigenvalue weighted by molar-refractivity contribution is 7.90. The fourth-order valence-electron chi connectivity index (χ4n) is 1.87. The summed E-state index contributed by atoms with van der Waals surface area (Å²) in [5.74, 6) is -0.139. The molecule has 100 valence electrons. The number of aromatic hydroxyl groups is 1. The molecule has 0 atom stereocenters. The van der Waals surface area contributed by atoms with Gasteiger partial charge in [-0.15, -0.1) is 0 Å². The van der Waals surface area contributed by atoms with Crippen LogP contribution in [0.3, 0.4) is 0 Å². The highest BCUT2D eigenvalue weighted by atomic mass is 32.2. The van der Waals surface area contributed by atoms with Gasteiger partial charge in [-0.1, -0.05) is 24.3 Å². The first-order chi connectivity index (χ1) is 8.90. The Balaban J connectivity index is 2.41. The summed E-state index contributed by atoms with van der Waals surface area (Å²) in [6.07, 6.45) is 0. The Hall–Kier alpha value is -2.01. The number of phenolic OH excluding ortho intramolecular Hbond substituents is 1. The molecule has 0 heterocycles. The van der Waals surface area contributed by atoms with Crippen molar-refractivity contribution < 1.29 is 13.5 Å². The van der Waals surface area contributed by atoms with Crippen LogP contribution in [0.25, 0.3) is 0 Å². The third-order valence-corrected chi connectivity index (χ3v) is 4.63. The van der Waals surface area contributed by atoms with E-state index >= 15 is 0 Å². The lowest BCUT2D eigenvalue weighted by Crippen LogP contribution is -2.08. The van der Waals surface area contributed by atoms with Crippen LogP contribution >= 0.6 is 0 Å². The number of para-hydroxylation sites is 1. The number of phenols is 1. The Morgan fingerprint density at radius 3 is 2.53 bits per heavy atom. The minimum absolute atomic E-state index is 0.0462. The van der Waals surface area contributed by atoms with Gasteiger partial charge < -0.3 is 10.8 Å². The Bertz CT molecular complexity index is 708. The summed E-state index contributed by atoms with van der Waals surface area (Å²) in [6, 6.07) is 11.1. The molecule has 0 aliphatic heterocycles. The Morgan fingerprint density at radius 2 is 1.84 bits per heavy atom. The Morgan fingerprint density at radius 1 is 1.16 bits per heavy atom. The average molecular weight is 277 g/mol. The van der Waals surface area contributed by atoms with E-state index in [1.165, 1.54) is 18.2 Å². The van der Waals surface area contributed by atoms with Gasteiger partial charge in [0.25, 0.3) is 0 Å². The minimum atomic E-state index is -3.52. The van der Waals surface area contributed by atoms with E-state index in [0.717, 1.165) is 5.56 Å². The topological polar surface area (TPSA) is 80.4 Å². The highest BCUT2D eigenvalue weighted by Gasteiger charge is 2.19. The predicted molar refractivity (Wildman–Crippen MR) is 74.6 cm³/mol. The summed E-state index contributed by atoms with van der Waals surface area (Å²) in [6.45, 7) is 1.77. The van der Waals surface area contributed by atoms with Crippen LogP contribution in [0.5, 0.6) is 5.75 Å². The Labute approximate surface area is 112 Å². The molecule has 4 nitrogen and oxygen atoms in total. The third-order valence-electron chi connectivity index (χ3n) is 2.89. The molecule has 0 radical (unpaired) electrons. The summed E-state index contributed by atoms with van der Waals surface area (Å²) in [5, 5.41) is 9.36. The van der Waals surface area contributed by atoms with E-state index in [2.05, 4.69) is 0 Å². The van der Waals surface area contributed by atoms with Crippen LogP contribution in [-0.2, 0) is 15.6 Å². The van der Waals surface area contributed by atoms with Gasteiger partial charge in [-0.3, -0.25) is 0 Å². The van der Waals surface area contributed by atoms with Crippen LogP contribution in [0.2, 0.25) is 0 Å². The van der Waals surface area contributed by atoms with Crippen molar-refractivity contribution in [3.63, 3.8) is 0 Å². The first kappa shape index (κ1) is 13.4. The number of sulfone groups is 1. The van der Waals surface area contributed by atoms with Gasteiger partial charge in [0.05, 0.1) is 16.3 Å². The second kappa shape index (κ2) is 4.93. The standard InChI is InChI=1S/C14H15NO3S/c1-10-4-2-7-13(14(10)15)19(17,18)9-11-5-3-6-12(16)8-11/h2-8,16H,9,15H2,1H3. The molecule has 0 aliphatic carbocycles. The lowest BCUT2D eigenvalue weighted by molar-refractivity contribution is 0.475. The molecule has 5 heteroatoms. The van der Waals surface area contributed by atoms with Gasteiger partial charge in [-0.25, -0.2) is 8.42 Å². The molecule has 0 unspecified atom stereocenters. The highest BCUT2D eigenvalue weighted by Crippen LogP contribution is 2.25. The summed E-state index contributed by atoms with van der Waals surface area (Å²) >= 11 is 0. The SMILES string of the molecule is Cc1cccc(S(=O)(=O)Cc2cccc(O)c2)c1N. The van der Waals surface area contributed by atoms with Crippen LogP contribution in [-0.4, -0.2) is 13.5 Å². The van der Waals surface area contributed by atoms with Crippen molar-refractivity contribution in [2.75, 3.05) is 5.73 Å². The molecule has 2 aromatic carbocycles. The van der Waals surface area contributed by atoms with Crippen molar-refractivity contribution in [1.82, 2.24) is 0 Å². The zero-order valence-corrected chi connectivity index (χ0v) is 11.3. The number of hydrogen-bond acceptors (Lipinski definition) is 4. The molecule has 0 saturated carbocycles. The molecule has 0 fully saturated rings. The molecule has 0 amide bonds. The van der Waals surface area contributed by atoms with Gasteiger partial charge >= 0.3 is 0 Å². The molecule has 0 saturated heterocycles. The van der Waals surface area contributed by atoms with Gasteiger partial charge in [0.15, 0.2) is 9.84 Å². The fraction of sp³-hybridized carbons (Fsp3) is 0.143. The second-order valence-electron chi connectivity index (χ2n) is 4.42. The molecule has 0 aliphatic rings. The van der Waals surface area contributed by atoms with E-state index in [0.29, 0.717) is 5.56 Å². The molecule has 0 aromatic heterocycles. The maximum absolute atomic E-state index is 12.3. The summed E-state index contributed by atoms with van der Waals surface area (Å²) < 4.78 is 24.6. The molecule has 19 heavy (non-hydrogen) atoms. The van der Waals surface area contributed by atoms with E-state index < -0.39 is 9.84 Å². The van der Waals surface area contributed by atoms with Gasteiger partial charge in [-0.2, -0.15) is 0 Å². The van der Waals surface area contributed by atoms with E-state index in [1.807, 2.05) is 0 Å². The fourth-order valence-corrected chi connectivity index (χ4v) is 3.42. The largest absolute Gasteiger partial charge is 0.508 e. The third kappa shape index (κ3) is 2.88. The number of anilines is 1. The van der Waals surface area contributed by atoms with E-state index in [4.69, 9.17) is 5.73 Å². The zero-order valence-electron chi connectivity index (χ0n) is 10.5. The molecule has 2 aromatic rings. The van der Waals surface area contributed by atoms with Crippen LogP contribution in [0, 0.1) is 6.92 Å². The van der Waals surface area contributed by atoms with Crippen molar-refractivity contribution in [3.8, 4) is 5.75 Å². The molecular formula is C14H15NO3S. The maximum Gasteiger partial charge on any atom is 0.184 e. The number of aryl methyl sites for hydroxylation is 1. The Kier molecular flexibility index (Phi) is 3.48. The van der Waals surface area contributed by atoms with Crippen molar-refractivity contribution >= 4 is 15.5 Å². The van der Waals surface area contributed by atoms with Gasteiger partial charge in [0, 0.05) is 0 Å². The summed E-state index contributed by atoms with van der Waals surface area (Å²) in [4.78, 5) is 0.135. The quantitative estimate of drug-likeness (QED) is 0.843. The zero-order chi connectivity index (χ0) is 14.0. The van der Waals surface area contributed by atoms with E-state index in [-0.39, 0.29) is 22.1 Å². The number of rotatable bonds is 3. The van der Waals surface area contributed by atoms with E-state index in [9.17, 15) is 13.5 Å². The van der Waals surface area contributed by atoms with Crippen molar-refractivity contribution in [1.29, 1.82) is 0 Å². The maximum atomic E-state index is 12.3. The lowest BCUT2D eigenvalue weighted by Gasteiger charge is -2.09. The smallest absolute Gasteiger partial charge is 0.184 e. The molecule has 3 N–H and O–H groups in total. The molecule has 0 spiro atoms. The average Bonchev–Trinajstić information content (AvgIpc) is 2.32. The van der Waals surface area contributed by atoms with Crippen LogP contribution in [0.1, 0.15) is 11.1 Å². The van der Waals surface area contributed by atoms with Crippen molar-refractivity contribution in [2.24, 2.45) is 0 Å². The first-order valence-corrected chi connectivity index (χ1v) is 7.41.